The monoisotopic (exact) mass is 413 g/mol. The standard InChI is InChI=1S/C19H16BrN3OS/c1-13(22)17(11-21)19(23-16-5-3-2-4-6-16)25-12-18(24)14-7-9-15(20)10-8-14/h2-10H,12,22H2,1H3. The van der Waals surface area contributed by atoms with E-state index >= 15 is 0 Å². The van der Waals surface area contributed by atoms with Crippen molar-refractivity contribution in [1.82, 2.24) is 0 Å². The number of thioether (sulfide) groups is 1. The number of nitrogens with two attached hydrogens (primary N) is 1. The second-order valence-corrected chi connectivity index (χ2v) is 7.02. The first-order valence-electron chi connectivity index (χ1n) is 7.43. The molecule has 126 valence electrons. The van der Waals surface area contributed by atoms with Crippen LogP contribution in [0.2, 0.25) is 0 Å². The fraction of sp³-hybridized carbons (Fsp3) is 0.105. The Hall–Kier alpha value is -2.36. The Labute approximate surface area is 159 Å². The molecule has 0 aliphatic rings. The van der Waals surface area contributed by atoms with Crippen molar-refractivity contribution in [3.05, 3.63) is 75.9 Å². The van der Waals surface area contributed by atoms with E-state index in [-0.39, 0.29) is 17.1 Å². The van der Waals surface area contributed by atoms with Gasteiger partial charge >= 0.3 is 0 Å². The molecule has 0 aliphatic carbocycles. The molecule has 0 aromatic heterocycles. The van der Waals surface area contributed by atoms with Crippen LogP contribution in [-0.2, 0) is 0 Å². The van der Waals surface area contributed by atoms with Crippen molar-refractivity contribution < 1.29 is 4.79 Å². The van der Waals surface area contributed by atoms with Crippen molar-refractivity contribution >= 4 is 44.2 Å². The number of Topliss-reactive ketones (excluding diaryl/α,β-unsaturated/α-hetero) is 1. The topological polar surface area (TPSA) is 79.2 Å². The summed E-state index contributed by atoms with van der Waals surface area (Å²) in [7, 11) is 0. The molecule has 4 nitrogen and oxygen atoms in total. The van der Waals surface area contributed by atoms with Crippen molar-refractivity contribution in [3.8, 4) is 6.07 Å². The lowest BCUT2D eigenvalue weighted by Gasteiger charge is -2.07. The van der Waals surface area contributed by atoms with Gasteiger partial charge in [0.05, 0.1) is 11.4 Å². The highest BCUT2D eigenvalue weighted by molar-refractivity contribution is 9.10. The molecule has 0 saturated carbocycles. The van der Waals surface area contributed by atoms with Gasteiger partial charge in [0, 0.05) is 15.7 Å². The summed E-state index contributed by atoms with van der Waals surface area (Å²) in [5.41, 5.74) is 7.79. The molecular weight excluding hydrogens is 398 g/mol. The molecule has 0 amide bonds. The van der Waals surface area contributed by atoms with Crippen LogP contribution in [0.4, 0.5) is 5.69 Å². The Morgan fingerprint density at radius 3 is 2.40 bits per heavy atom. The molecule has 0 heterocycles. The fourth-order valence-corrected chi connectivity index (χ4v) is 3.16. The van der Waals surface area contributed by atoms with Gasteiger partial charge in [-0.3, -0.25) is 4.79 Å². The van der Waals surface area contributed by atoms with Gasteiger partial charge in [0.2, 0.25) is 0 Å². The molecule has 0 aliphatic heterocycles. The minimum atomic E-state index is -0.0368. The molecule has 0 saturated heterocycles. The molecule has 6 heteroatoms. The Morgan fingerprint density at radius 1 is 1.20 bits per heavy atom. The van der Waals surface area contributed by atoms with Crippen LogP contribution in [0.1, 0.15) is 17.3 Å². The molecule has 2 aromatic rings. The van der Waals surface area contributed by atoms with E-state index in [4.69, 9.17) is 5.73 Å². The number of halogens is 1. The summed E-state index contributed by atoms with van der Waals surface area (Å²) in [6.45, 7) is 1.65. The number of rotatable bonds is 5. The van der Waals surface area contributed by atoms with Crippen LogP contribution in [0.15, 0.2) is 75.3 Å². The summed E-state index contributed by atoms with van der Waals surface area (Å²) in [5.74, 6) is 0.136. The number of carbonyl (C=O) groups excluding carboxylic acids is 1. The van der Waals surface area contributed by atoms with Crippen molar-refractivity contribution in [2.75, 3.05) is 5.75 Å². The maximum atomic E-state index is 12.4. The lowest BCUT2D eigenvalue weighted by atomic mass is 10.2. The molecule has 2 aromatic carbocycles. The zero-order chi connectivity index (χ0) is 18.2. The van der Waals surface area contributed by atoms with E-state index in [9.17, 15) is 10.1 Å². The van der Waals surface area contributed by atoms with Gasteiger partial charge in [-0.2, -0.15) is 5.26 Å². The van der Waals surface area contributed by atoms with Gasteiger partial charge in [0.1, 0.15) is 16.7 Å². The van der Waals surface area contributed by atoms with E-state index in [1.807, 2.05) is 42.5 Å². The van der Waals surface area contributed by atoms with E-state index in [1.54, 1.807) is 19.1 Å². The van der Waals surface area contributed by atoms with Crippen molar-refractivity contribution in [1.29, 1.82) is 5.26 Å². The third-order valence-electron chi connectivity index (χ3n) is 3.21. The molecule has 0 spiro atoms. The maximum absolute atomic E-state index is 12.4. The molecule has 0 atom stereocenters. The number of benzene rings is 2. The number of para-hydroxylation sites is 1. The molecule has 0 radical (unpaired) electrons. The highest BCUT2D eigenvalue weighted by Crippen LogP contribution is 2.22. The number of nitriles is 1. The molecule has 2 rings (SSSR count). The maximum Gasteiger partial charge on any atom is 0.173 e. The average molecular weight is 414 g/mol. The third-order valence-corrected chi connectivity index (χ3v) is 4.72. The van der Waals surface area contributed by atoms with Crippen LogP contribution in [0.5, 0.6) is 0 Å². The van der Waals surface area contributed by atoms with E-state index < -0.39 is 0 Å². The first-order valence-corrected chi connectivity index (χ1v) is 9.21. The largest absolute Gasteiger partial charge is 0.401 e. The van der Waals surface area contributed by atoms with E-state index in [0.717, 1.165) is 4.47 Å². The summed E-state index contributed by atoms with van der Waals surface area (Å²) in [6.07, 6.45) is 0. The van der Waals surface area contributed by atoms with Crippen molar-refractivity contribution in [3.63, 3.8) is 0 Å². The second-order valence-electron chi connectivity index (χ2n) is 5.14. The Morgan fingerprint density at radius 2 is 1.84 bits per heavy atom. The van der Waals surface area contributed by atoms with Gasteiger partial charge in [0.15, 0.2) is 5.78 Å². The number of nitrogens with zero attached hydrogens (tertiary/aromatic N) is 2. The molecule has 25 heavy (non-hydrogen) atoms. The SMILES string of the molecule is CC(N)=C(C#N)C(=Nc1ccccc1)SCC(=O)c1ccc(Br)cc1. The van der Waals surface area contributed by atoms with Gasteiger partial charge in [0.25, 0.3) is 0 Å². The Balaban J connectivity index is 2.24. The Kier molecular flexibility index (Phi) is 6.99. The van der Waals surface area contributed by atoms with Crippen LogP contribution in [0, 0.1) is 11.3 Å². The lowest BCUT2D eigenvalue weighted by molar-refractivity contribution is 0.102. The average Bonchev–Trinajstić information content (AvgIpc) is 2.61. The first-order chi connectivity index (χ1) is 12.0. The molecule has 0 unspecified atom stereocenters. The van der Waals surface area contributed by atoms with E-state index in [0.29, 0.717) is 22.0 Å². The Bertz CT molecular complexity index is 848. The van der Waals surface area contributed by atoms with Gasteiger partial charge < -0.3 is 5.73 Å². The van der Waals surface area contributed by atoms with Crippen LogP contribution in [-0.4, -0.2) is 16.6 Å². The number of hydrogen-bond donors (Lipinski definition) is 1. The van der Waals surface area contributed by atoms with E-state index in [2.05, 4.69) is 27.0 Å². The highest BCUT2D eigenvalue weighted by Gasteiger charge is 2.14. The van der Waals surface area contributed by atoms with Gasteiger partial charge in [-0.1, -0.05) is 58.0 Å². The summed E-state index contributed by atoms with van der Waals surface area (Å²) >= 11 is 4.56. The zero-order valence-electron chi connectivity index (χ0n) is 13.6. The minimum Gasteiger partial charge on any atom is -0.401 e. The normalized spacial score (nSPS) is 12.3. The number of hydrogen-bond acceptors (Lipinski definition) is 5. The van der Waals surface area contributed by atoms with Crippen LogP contribution < -0.4 is 5.73 Å². The lowest BCUT2D eigenvalue weighted by Crippen LogP contribution is -2.09. The number of aliphatic imine (C=N–C) groups is 1. The fourth-order valence-electron chi connectivity index (χ4n) is 1.94. The highest BCUT2D eigenvalue weighted by atomic mass is 79.9. The predicted molar refractivity (Wildman–Crippen MR) is 107 cm³/mol. The first kappa shape index (κ1) is 19.0. The second kappa shape index (κ2) is 9.21. The van der Waals surface area contributed by atoms with Crippen LogP contribution in [0.3, 0.4) is 0 Å². The third kappa shape index (κ3) is 5.59. The number of allylic oxidation sites excluding steroid dienone is 1. The van der Waals surface area contributed by atoms with Crippen molar-refractivity contribution in [2.24, 2.45) is 10.7 Å². The van der Waals surface area contributed by atoms with Crippen molar-refractivity contribution in [2.45, 2.75) is 6.92 Å². The van der Waals surface area contributed by atoms with Crippen LogP contribution >= 0.6 is 27.7 Å². The molecule has 0 fully saturated rings. The minimum absolute atomic E-state index is 0.0368. The molecule has 0 bridgehead atoms. The quantitative estimate of drug-likeness (QED) is 0.328. The van der Waals surface area contributed by atoms with Gasteiger partial charge in [-0.25, -0.2) is 4.99 Å². The summed E-state index contributed by atoms with van der Waals surface area (Å²) in [4.78, 5) is 16.9. The van der Waals surface area contributed by atoms with Gasteiger partial charge in [-0.15, -0.1) is 0 Å². The number of ketones is 1. The smallest absolute Gasteiger partial charge is 0.173 e. The zero-order valence-corrected chi connectivity index (χ0v) is 16.0. The van der Waals surface area contributed by atoms with E-state index in [1.165, 1.54) is 11.8 Å². The summed E-state index contributed by atoms with van der Waals surface area (Å²) in [6, 6.07) is 18.5. The molecular formula is C19H16BrN3OS. The summed E-state index contributed by atoms with van der Waals surface area (Å²) in [5, 5.41) is 9.83. The summed E-state index contributed by atoms with van der Waals surface area (Å²) < 4.78 is 0.913. The predicted octanol–water partition coefficient (Wildman–Crippen LogP) is 4.85. The molecule has 2 N–H and O–H groups in total. The number of carbonyl (C=O) groups is 1. The van der Waals surface area contributed by atoms with Crippen LogP contribution in [0.25, 0.3) is 0 Å². The van der Waals surface area contributed by atoms with Gasteiger partial charge in [-0.05, 0) is 31.2 Å².